The van der Waals surface area contributed by atoms with Crippen molar-refractivity contribution in [3.63, 3.8) is 0 Å². The van der Waals surface area contributed by atoms with Gasteiger partial charge in [-0.2, -0.15) is 0 Å². The van der Waals surface area contributed by atoms with Gasteiger partial charge in [-0.1, -0.05) is 41.4 Å². The van der Waals surface area contributed by atoms with Crippen molar-refractivity contribution in [1.82, 2.24) is 4.90 Å². The molecule has 3 rings (SSSR count). The van der Waals surface area contributed by atoms with Crippen LogP contribution in [0.5, 0.6) is 0 Å². The molecule has 1 aliphatic heterocycles. The number of benzene rings is 2. The fourth-order valence-corrected chi connectivity index (χ4v) is 3.10. The summed E-state index contributed by atoms with van der Waals surface area (Å²) in [4.78, 5) is 19.4. The molecule has 0 fully saturated rings. The molecule has 0 unspecified atom stereocenters. The number of hydrogen-bond acceptors (Lipinski definition) is 3. The predicted octanol–water partition coefficient (Wildman–Crippen LogP) is 4.47. The lowest BCUT2D eigenvalue weighted by atomic mass is 9.94. The molecule has 3 nitrogen and oxygen atoms in total. The van der Waals surface area contributed by atoms with Gasteiger partial charge in [0.2, 0.25) is 0 Å². The third-order valence-corrected chi connectivity index (χ3v) is 4.29. The van der Waals surface area contributed by atoms with E-state index in [1.807, 2.05) is 43.3 Å². The van der Waals surface area contributed by atoms with Gasteiger partial charge < -0.3 is 4.90 Å². The topological polar surface area (TPSA) is 32.7 Å². The van der Waals surface area contributed by atoms with Crippen LogP contribution in [0.3, 0.4) is 0 Å². The molecule has 0 spiro atoms. The second-order valence-electron chi connectivity index (χ2n) is 5.78. The number of rotatable bonds is 2. The van der Waals surface area contributed by atoms with E-state index in [1.54, 1.807) is 24.4 Å². The normalized spacial score (nSPS) is 15.8. The van der Waals surface area contributed by atoms with Gasteiger partial charge in [-0.05, 0) is 24.3 Å². The fourth-order valence-electron chi connectivity index (χ4n) is 2.70. The zero-order chi connectivity index (χ0) is 17.3. The minimum absolute atomic E-state index is 0.0406. The number of carbonyl (C=O) groups excluding carboxylic acids is 1. The highest BCUT2D eigenvalue weighted by Gasteiger charge is 2.24. The van der Waals surface area contributed by atoms with E-state index in [4.69, 9.17) is 23.2 Å². The molecular weight excluding hydrogens is 343 g/mol. The van der Waals surface area contributed by atoms with Gasteiger partial charge in [0.15, 0.2) is 5.78 Å². The van der Waals surface area contributed by atoms with Crippen molar-refractivity contribution in [2.24, 2.45) is 4.99 Å². The number of hydrogen-bond donors (Lipinski definition) is 0. The van der Waals surface area contributed by atoms with Crippen molar-refractivity contribution >= 4 is 34.7 Å². The number of aliphatic imine (C=N–C) groups is 1. The van der Waals surface area contributed by atoms with E-state index in [-0.39, 0.29) is 5.78 Å². The van der Waals surface area contributed by atoms with Crippen molar-refractivity contribution in [3.8, 4) is 0 Å². The van der Waals surface area contributed by atoms with Gasteiger partial charge >= 0.3 is 0 Å². The molecule has 122 valence electrons. The van der Waals surface area contributed by atoms with E-state index in [0.29, 0.717) is 39.0 Å². The first kappa shape index (κ1) is 16.7. The van der Waals surface area contributed by atoms with Gasteiger partial charge in [0.1, 0.15) is 0 Å². The summed E-state index contributed by atoms with van der Waals surface area (Å²) in [7, 11) is 3.76. The van der Waals surface area contributed by atoms with Gasteiger partial charge in [0.05, 0.1) is 12.3 Å². The monoisotopic (exact) mass is 358 g/mol. The number of fused-ring (bicyclic) bond motifs is 1. The van der Waals surface area contributed by atoms with Crippen molar-refractivity contribution in [2.75, 3.05) is 20.6 Å². The molecule has 0 saturated heterocycles. The summed E-state index contributed by atoms with van der Waals surface area (Å²) in [6, 6.07) is 12.7. The van der Waals surface area contributed by atoms with E-state index in [9.17, 15) is 4.79 Å². The van der Waals surface area contributed by atoms with Crippen LogP contribution in [0.25, 0.3) is 0 Å². The van der Waals surface area contributed by atoms with Gasteiger partial charge in [0, 0.05) is 52.6 Å². The number of ketones is 1. The summed E-state index contributed by atoms with van der Waals surface area (Å²) in [5, 5.41) is 1.15. The molecule has 2 aromatic carbocycles. The summed E-state index contributed by atoms with van der Waals surface area (Å²) >= 11 is 12.5. The highest BCUT2D eigenvalue weighted by Crippen LogP contribution is 2.28. The number of halogens is 2. The van der Waals surface area contributed by atoms with Crippen LogP contribution in [0.4, 0.5) is 0 Å². The Hall–Kier alpha value is -2.10. The SMILES string of the molecule is CN(C)/C=C1/CN=C(c2ccccc2Cl)c2cc(Cl)ccc2C1=O. The van der Waals surface area contributed by atoms with Crippen LogP contribution >= 0.6 is 23.2 Å². The molecule has 0 aliphatic carbocycles. The fraction of sp³-hybridized carbons (Fsp3) is 0.158. The molecule has 0 atom stereocenters. The van der Waals surface area contributed by atoms with Crippen LogP contribution < -0.4 is 0 Å². The Labute approximate surface area is 151 Å². The Balaban J connectivity index is 2.25. The summed E-state index contributed by atoms with van der Waals surface area (Å²) in [5.74, 6) is -0.0406. The molecule has 0 aromatic heterocycles. The molecular formula is C19H16Cl2N2O. The Morgan fingerprint density at radius 3 is 2.50 bits per heavy atom. The lowest BCUT2D eigenvalue weighted by molar-refractivity contribution is 0.103. The summed E-state index contributed by atoms with van der Waals surface area (Å²) < 4.78 is 0. The van der Waals surface area contributed by atoms with Crippen molar-refractivity contribution < 1.29 is 4.79 Å². The zero-order valence-electron chi connectivity index (χ0n) is 13.4. The van der Waals surface area contributed by atoms with Crippen LogP contribution in [0.2, 0.25) is 10.0 Å². The van der Waals surface area contributed by atoms with E-state index in [2.05, 4.69) is 4.99 Å². The van der Waals surface area contributed by atoms with E-state index >= 15 is 0 Å². The third-order valence-electron chi connectivity index (χ3n) is 3.72. The first-order valence-corrected chi connectivity index (χ1v) is 8.24. The standard InChI is InChI=1S/C19H16Cl2N2O/c1-23(2)11-12-10-22-18(15-5-3-4-6-17(15)21)16-9-13(20)7-8-14(16)19(12)24/h3-9,11H,10H2,1-2H3/b12-11-. The lowest BCUT2D eigenvalue weighted by Crippen LogP contribution is -2.12. The molecule has 2 aromatic rings. The molecule has 1 aliphatic rings. The molecule has 5 heteroatoms. The third kappa shape index (κ3) is 3.23. The second kappa shape index (κ2) is 6.80. The van der Waals surface area contributed by atoms with Gasteiger partial charge in [-0.25, -0.2) is 0 Å². The second-order valence-corrected chi connectivity index (χ2v) is 6.63. The van der Waals surface area contributed by atoms with Crippen molar-refractivity contribution in [2.45, 2.75) is 0 Å². The minimum atomic E-state index is -0.0406. The maximum Gasteiger partial charge on any atom is 0.193 e. The molecule has 24 heavy (non-hydrogen) atoms. The maximum absolute atomic E-state index is 12.9. The Kier molecular flexibility index (Phi) is 4.74. The Morgan fingerprint density at radius 2 is 1.79 bits per heavy atom. The smallest absolute Gasteiger partial charge is 0.193 e. The summed E-state index contributed by atoms with van der Waals surface area (Å²) in [6.45, 7) is 0.296. The molecule has 0 radical (unpaired) electrons. The molecule has 0 saturated carbocycles. The molecule has 0 N–H and O–H groups in total. The number of nitrogens with zero attached hydrogens (tertiary/aromatic N) is 2. The van der Waals surface area contributed by atoms with Crippen molar-refractivity contribution in [1.29, 1.82) is 0 Å². The minimum Gasteiger partial charge on any atom is -0.383 e. The van der Waals surface area contributed by atoms with Crippen LogP contribution in [-0.2, 0) is 0 Å². The summed E-state index contributed by atoms with van der Waals surface area (Å²) in [6.07, 6.45) is 1.81. The van der Waals surface area contributed by atoms with Crippen LogP contribution in [0, 0.1) is 0 Å². The highest BCUT2D eigenvalue weighted by molar-refractivity contribution is 6.37. The van der Waals surface area contributed by atoms with Gasteiger partial charge in [-0.15, -0.1) is 0 Å². The molecule has 0 bridgehead atoms. The predicted molar refractivity (Wildman–Crippen MR) is 99.5 cm³/mol. The van der Waals surface area contributed by atoms with E-state index in [0.717, 1.165) is 5.56 Å². The lowest BCUT2D eigenvalue weighted by Gasteiger charge is -2.11. The number of Topliss-reactive ketones (excluding diaryl/α,β-unsaturated/α-hetero) is 1. The van der Waals surface area contributed by atoms with Gasteiger partial charge in [0.25, 0.3) is 0 Å². The Morgan fingerprint density at radius 1 is 1.04 bits per heavy atom. The average molecular weight is 359 g/mol. The summed E-state index contributed by atoms with van der Waals surface area (Å²) in [5.41, 5.74) is 3.41. The largest absolute Gasteiger partial charge is 0.383 e. The Bertz CT molecular complexity index is 869. The van der Waals surface area contributed by atoms with E-state index < -0.39 is 0 Å². The van der Waals surface area contributed by atoms with Gasteiger partial charge in [-0.3, -0.25) is 9.79 Å². The first-order chi connectivity index (χ1) is 11.5. The quantitative estimate of drug-likeness (QED) is 0.741. The van der Waals surface area contributed by atoms with Crippen LogP contribution in [-0.4, -0.2) is 37.0 Å². The highest BCUT2D eigenvalue weighted by atomic mass is 35.5. The number of carbonyl (C=O) groups is 1. The van der Waals surface area contributed by atoms with E-state index in [1.165, 1.54) is 0 Å². The zero-order valence-corrected chi connectivity index (χ0v) is 14.9. The van der Waals surface area contributed by atoms with Crippen molar-refractivity contribution in [3.05, 3.63) is 81.0 Å². The van der Waals surface area contributed by atoms with Crippen LogP contribution in [0.1, 0.15) is 21.5 Å². The molecule has 0 amide bonds. The maximum atomic E-state index is 12.9. The van der Waals surface area contributed by atoms with Crippen LogP contribution in [0.15, 0.2) is 59.2 Å². The average Bonchev–Trinajstić information content (AvgIpc) is 2.66. The first-order valence-electron chi connectivity index (χ1n) is 7.48. The molecule has 1 heterocycles.